The summed E-state index contributed by atoms with van der Waals surface area (Å²) in [4.78, 5) is 12.3. The molecule has 0 radical (unpaired) electrons. The van der Waals surface area contributed by atoms with Gasteiger partial charge < -0.3 is 4.90 Å². The van der Waals surface area contributed by atoms with Gasteiger partial charge in [0.15, 0.2) is 0 Å². The van der Waals surface area contributed by atoms with Gasteiger partial charge in [-0.25, -0.2) is 0 Å². The second-order valence-corrected chi connectivity index (χ2v) is 3.20. The minimum atomic E-state index is 0.865. The van der Waals surface area contributed by atoms with E-state index in [1.807, 2.05) is 11.8 Å². The molecule has 12 heavy (non-hydrogen) atoms. The molecule has 0 saturated carbocycles. The standard InChI is InChI=1S/C10H19NO/c1-4-7-11(9-12)8-5-6-10(2)3/h9H,2,4-8H2,1,3H3. The molecule has 2 nitrogen and oxygen atoms in total. The Bertz CT molecular complexity index is 143. The first kappa shape index (κ1) is 11.2. The summed E-state index contributed by atoms with van der Waals surface area (Å²) in [5.41, 5.74) is 1.19. The Morgan fingerprint density at radius 1 is 1.50 bits per heavy atom. The minimum Gasteiger partial charge on any atom is -0.345 e. The molecule has 0 aromatic carbocycles. The fraction of sp³-hybridized carbons (Fsp3) is 0.700. The maximum atomic E-state index is 10.5. The van der Waals surface area contributed by atoms with Crippen LogP contribution in [0.5, 0.6) is 0 Å². The molecular weight excluding hydrogens is 150 g/mol. The highest BCUT2D eigenvalue weighted by atomic mass is 16.1. The summed E-state index contributed by atoms with van der Waals surface area (Å²) in [7, 11) is 0. The summed E-state index contributed by atoms with van der Waals surface area (Å²) in [6.07, 6.45) is 4.02. The zero-order chi connectivity index (χ0) is 9.40. The van der Waals surface area contributed by atoms with Gasteiger partial charge in [0, 0.05) is 13.1 Å². The topological polar surface area (TPSA) is 20.3 Å². The number of rotatable bonds is 7. The molecule has 0 heterocycles. The molecule has 0 unspecified atom stereocenters. The fourth-order valence-corrected chi connectivity index (χ4v) is 1.09. The number of carbonyl (C=O) groups is 1. The van der Waals surface area contributed by atoms with Gasteiger partial charge >= 0.3 is 0 Å². The number of amides is 1. The van der Waals surface area contributed by atoms with Crippen molar-refractivity contribution >= 4 is 6.41 Å². The van der Waals surface area contributed by atoms with Gasteiger partial charge in [-0.15, -0.1) is 6.58 Å². The largest absolute Gasteiger partial charge is 0.345 e. The molecule has 0 atom stereocenters. The quantitative estimate of drug-likeness (QED) is 0.422. The highest BCUT2D eigenvalue weighted by Gasteiger charge is 1.98. The van der Waals surface area contributed by atoms with E-state index in [1.165, 1.54) is 5.57 Å². The van der Waals surface area contributed by atoms with E-state index in [0.717, 1.165) is 38.8 Å². The van der Waals surface area contributed by atoms with Crippen molar-refractivity contribution in [2.75, 3.05) is 13.1 Å². The van der Waals surface area contributed by atoms with E-state index < -0.39 is 0 Å². The Balaban J connectivity index is 3.44. The first-order valence-electron chi connectivity index (χ1n) is 4.54. The van der Waals surface area contributed by atoms with Crippen molar-refractivity contribution in [2.24, 2.45) is 0 Å². The summed E-state index contributed by atoms with van der Waals surface area (Å²) in [6.45, 7) is 9.65. The van der Waals surface area contributed by atoms with Crippen LogP contribution < -0.4 is 0 Å². The zero-order valence-electron chi connectivity index (χ0n) is 8.18. The molecule has 0 rings (SSSR count). The average molecular weight is 169 g/mol. The molecule has 0 aliphatic rings. The highest BCUT2D eigenvalue weighted by Crippen LogP contribution is 2.01. The van der Waals surface area contributed by atoms with Gasteiger partial charge in [-0.05, 0) is 26.2 Å². The van der Waals surface area contributed by atoms with E-state index in [9.17, 15) is 4.79 Å². The van der Waals surface area contributed by atoms with Crippen molar-refractivity contribution in [2.45, 2.75) is 33.1 Å². The van der Waals surface area contributed by atoms with Gasteiger partial charge in [-0.1, -0.05) is 12.5 Å². The maximum absolute atomic E-state index is 10.5. The lowest BCUT2D eigenvalue weighted by Gasteiger charge is -2.15. The molecular formula is C10H19NO. The van der Waals surface area contributed by atoms with E-state index in [2.05, 4.69) is 13.5 Å². The van der Waals surface area contributed by atoms with Crippen molar-refractivity contribution < 1.29 is 4.79 Å². The van der Waals surface area contributed by atoms with E-state index in [4.69, 9.17) is 0 Å². The molecule has 0 aromatic heterocycles. The normalized spacial score (nSPS) is 9.50. The molecule has 0 aliphatic carbocycles. The van der Waals surface area contributed by atoms with Crippen molar-refractivity contribution in [1.82, 2.24) is 4.90 Å². The lowest BCUT2D eigenvalue weighted by Crippen LogP contribution is -2.23. The lowest BCUT2D eigenvalue weighted by atomic mass is 10.2. The number of hydrogen-bond acceptors (Lipinski definition) is 1. The van der Waals surface area contributed by atoms with Gasteiger partial charge in [0.25, 0.3) is 0 Å². The van der Waals surface area contributed by atoms with Gasteiger partial charge in [0.2, 0.25) is 6.41 Å². The van der Waals surface area contributed by atoms with E-state index in [-0.39, 0.29) is 0 Å². The molecule has 0 N–H and O–H groups in total. The van der Waals surface area contributed by atoms with Crippen LogP contribution in [-0.4, -0.2) is 24.4 Å². The molecule has 70 valence electrons. The SMILES string of the molecule is C=C(C)CCCN(C=O)CCC. The summed E-state index contributed by atoms with van der Waals surface area (Å²) >= 11 is 0. The van der Waals surface area contributed by atoms with Crippen molar-refractivity contribution in [3.05, 3.63) is 12.2 Å². The third kappa shape index (κ3) is 5.96. The minimum absolute atomic E-state index is 0.865. The van der Waals surface area contributed by atoms with Crippen molar-refractivity contribution in [3.8, 4) is 0 Å². The van der Waals surface area contributed by atoms with Gasteiger partial charge in [0.1, 0.15) is 0 Å². The van der Waals surface area contributed by atoms with Crippen LogP contribution in [0.4, 0.5) is 0 Å². The van der Waals surface area contributed by atoms with Crippen molar-refractivity contribution in [1.29, 1.82) is 0 Å². The van der Waals surface area contributed by atoms with Crippen LogP contribution in [-0.2, 0) is 4.79 Å². The summed E-state index contributed by atoms with van der Waals surface area (Å²) in [5, 5.41) is 0. The molecule has 0 saturated heterocycles. The molecule has 2 heteroatoms. The second-order valence-electron chi connectivity index (χ2n) is 3.20. The Kier molecular flexibility index (Phi) is 6.44. The van der Waals surface area contributed by atoms with E-state index in [1.54, 1.807) is 0 Å². The number of hydrogen-bond donors (Lipinski definition) is 0. The van der Waals surface area contributed by atoms with Crippen LogP contribution in [0, 0.1) is 0 Å². The van der Waals surface area contributed by atoms with Crippen LogP contribution in [0.3, 0.4) is 0 Å². The van der Waals surface area contributed by atoms with Gasteiger partial charge in [-0.3, -0.25) is 4.79 Å². The number of allylic oxidation sites excluding steroid dienone is 1. The second kappa shape index (κ2) is 6.89. The molecule has 0 fully saturated rings. The molecule has 0 bridgehead atoms. The molecule has 0 spiro atoms. The average Bonchev–Trinajstić information content (AvgIpc) is 2.02. The van der Waals surface area contributed by atoms with Crippen molar-refractivity contribution in [3.63, 3.8) is 0 Å². The fourth-order valence-electron chi connectivity index (χ4n) is 1.09. The Morgan fingerprint density at radius 3 is 2.58 bits per heavy atom. The first-order chi connectivity index (χ1) is 5.70. The Hall–Kier alpha value is -0.790. The summed E-state index contributed by atoms with van der Waals surface area (Å²) in [6, 6.07) is 0. The first-order valence-corrected chi connectivity index (χ1v) is 4.54. The zero-order valence-corrected chi connectivity index (χ0v) is 8.18. The third-order valence-corrected chi connectivity index (χ3v) is 1.71. The lowest BCUT2D eigenvalue weighted by molar-refractivity contribution is -0.118. The summed E-state index contributed by atoms with van der Waals surface area (Å²) < 4.78 is 0. The van der Waals surface area contributed by atoms with Crippen LogP contribution in [0.2, 0.25) is 0 Å². The molecule has 0 aromatic rings. The van der Waals surface area contributed by atoms with E-state index in [0.29, 0.717) is 0 Å². The summed E-state index contributed by atoms with van der Waals surface area (Å²) in [5.74, 6) is 0. The number of carbonyl (C=O) groups excluding carboxylic acids is 1. The number of nitrogens with zero attached hydrogens (tertiary/aromatic N) is 1. The predicted molar refractivity (Wildman–Crippen MR) is 52.0 cm³/mol. The monoisotopic (exact) mass is 169 g/mol. The Labute approximate surface area is 75.3 Å². The van der Waals surface area contributed by atoms with Crippen LogP contribution in [0.1, 0.15) is 33.1 Å². The molecule has 0 aliphatic heterocycles. The van der Waals surface area contributed by atoms with Crippen LogP contribution >= 0.6 is 0 Å². The van der Waals surface area contributed by atoms with Gasteiger partial charge in [-0.2, -0.15) is 0 Å². The maximum Gasteiger partial charge on any atom is 0.209 e. The van der Waals surface area contributed by atoms with Crippen LogP contribution in [0.25, 0.3) is 0 Å². The third-order valence-electron chi connectivity index (χ3n) is 1.71. The smallest absolute Gasteiger partial charge is 0.209 e. The molecule has 1 amide bonds. The Morgan fingerprint density at radius 2 is 2.17 bits per heavy atom. The van der Waals surface area contributed by atoms with Crippen LogP contribution in [0.15, 0.2) is 12.2 Å². The predicted octanol–water partition coefficient (Wildman–Crippen LogP) is 2.21. The highest BCUT2D eigenvalue weighted by molar-refractivity contribution is 5.46. The van der Waals surface area contributed by atoms with Gasteiger partial charge in [0.05, 0.1) is 0 Å². The van der Waals surface area contributed by atoms with E-state index >= 15 is 0 Å².